The summed E-state index contributed by atoms with van der Waals surface area (Å²) < 4.78 is 0. The number of aromatic nitrogens is 2. The van der Waals surface area contributed by atoms with Crippen molar-refractivity contribution in [3.63, 3.8) is 0 Å². The maximum atomic E-state index is 9.39. The molecule has 0 radical (unpaired) electrons. The van der Waals surface area contributed by atoms with Crippen molar-refractivity contribution in [2.75, 3.05) is 11.9 Å². The molecule has 0 unspecified atom stereocenters. The van der Waals surface area contributed by atoms with Gasteiger partial charge in [0.15, 0.2) is 5.82 Å². The van der Waals surface area contributed by atoms with E-state index in [1.807, 2.05) is 55.6 Å². The van der Waals surface area contributed by atoms with E-state index in [1.165, 1.54) is 5.56 Å². The molecule has 1 aromatic heterocycles. The van der Waals surface area contributed by atoms with Gasteiger partial charge in [0.2, 0.25) is 0 Å². The van der Waals surface area contributed by atoms with Crippen LogP contribution in [0.4, 0.5) is 5.82 Å². The molecule has 0 aliphatic carbocycles. The molecular formula is C20H21N3O. The standard InChI is InChI=1S/C20H21N3O/c1-15(14-16-8-10-18(24)11-9-16)23(2)19-12-13-21-20(22-19)17-6-4-3-5-7-17/h3-13,15,24H,14H2,1-2H3/t15-/m1/s1. The second-order valence-corrected chi connectivity index (χ2v) is 5.93. The Labute approximate surface area is 142 Å². The molecule has 0 amide bonds. The third-order valence-corrected chi connectivity index (χ3v) is 4.16. The Morgan fingerprint density at radius 1 is 1.00 bits per heavy atom. The zero-order valence-electron chi connectivity index (χ0n) is 13.9. The zero-order chi connectivity index (χ0) is 16.9. The van der Waals surface area contributed by atoms with E-state index in [0.717, 1.165) is 23.6 Å². The van der Waals surface area contributed by atoms with Gasteiger partial charge in [0, 0.05) is 24.8 Å². The summed E-state index contributed by atoms with van der Waals surface area (Å²) in [5.74, 6) is 1.93. The van der Waals surface area contributed by atoms with Crippen LogP contribution < -0.4 is 4.90 Å². The van der Waals surface area contributed by atoms with Crippen LogP contribution in [0.1, 0.15) is 12.5 Å². The van der Waals surface area contributed by atoms with Gasteiger partial charge in [-0.15, -0.1) is 0 Å². The molecule has 0 fully saturated rings. The van der Waals surface area contributed by atoms with Crippen LogP contribution in [0, 0.1) is 0 Å². The van der Waals surface area contributed by atoms with Crippen molar-refractivity contribution < 1.29 is 5.11 Å². The van der Waals surface area contributed by atoms with Crippen LogP contribution in [0.3, 0.4) is 0 Å². The number of hydrogen-bond acceptors (Lipinski definition) is 4. The number of phenolic OH excluding ortho intramolecular Hbond substituents is 1. The average Bonchev–Trinajstić information content (AvgIpc) is 2.64. The molecule has 3 aromatic rings. The maximum Gasteiger partial charge on any atom is 0.161 e. The van der Waals surface area contributed by atoms with E-state index >= 15 is 0 Å². The molecule has 0 saturated heterocycles. The lowest BCUT2D eigenvalue weighted by atomic mass is 10.1. The van der Waals surface area contributed by atoms with Gasteiger partial charge in [0.1, 0.15) is 11.6 Å². The molecule has 24 heavy (non-hydrogen) atoms. The van der Waals surface area contributed by atoms with E-state index in [1.54, 1.807) is 18.3 Å². The summed E-state index contributed by atoms with van der Waals surface area (Å²) in [4.78, 5) is 11.2. The van der Waals surface area contributed by atoms with Crippen molar-refractivity contribution >= 4 is 5.82 Å². The number of benzene rings is 2. The van der Waals surface area contributed by atoms with Gasteiger partial charge in [0.05, 0.1) is 0 Å². The number of rotatable bonds is 5. The molecule has 0 bridgehead atoms. The van der Waals surface area contributed by atoms with Crippen molar-refractivity contribution in [2.45, 2.75) is 19.4 Å². The zero-order valence-corrected chi connectivity index (χ0v) is 13.9. The Bertz CT molecular complexity index is 787. The molecule has 1 N–H and O–H groups in total. The van der Waals surface area contributed by atoms with Gasteiger partial charge in [-0.05, 0) is 37.1 Å². The van der Waals surface area contributed by atoms with E-state index in [0.29, 0.717) is 5.75 Å². The van der Waals surface area contributed by atoms with Crippen LogP contribution in [0.2, 0.25) is 0 Å². The van der Waals surface area contributed by atoms with E-state index in [-0.39, 0.29) is 6.04 Å². The number of nitrogens with zero attached hydrogens (tertiary/aromatic N) is 3. The van der Waals surface area contributed by atoms with Gasteiger partial charge in [-0.2, -0.15) is 0 Å². The van der Waals surface area contributed by atoms with Crippen molar-refractivity contribution in [1.29, 1.82) is 0 Å². The Kier molecular flexibility index (Phi) is 4.75. The number of aromatic hydroxyl groups is 1. The highest BCUT2D eigenvalue weighted by Gasteiger charge is 2.13. The highest BCUT2D eigenvalue weighted by atomic mass is 16.3. The first kappa shape index (κ1) is 16.0. The molecule has 4 heteroatoms. The van der Waals surface area contributed by atoms with Crippen molar-refractivity contribution in [2.24, 2.45) is 0 Å². The lowest BCUT2D eigenvalue weighted by Crippen LogP contribution is -2.31. The predicted molar refractivity (Wildman–Crippen MR) is 97.1 cm³/mol. The highest BCUT2D eigenvalue weighted by molar-refractivity contribution is 5.57. The quantitative estimate of drug-likeness (QED) is 0.774. The molecule has 3 rings (SSSR count). The third-order valence-electron chi connectivity index (χ3n) is 4.16. The summed E-state index contributed by atoms with van der Waals surface area (Å²) in [6, 6.07) is 19.5. The summed E-state index contributed by atoms with van der Waals surface area (Å²) in [5, 5.41) is 9.39. The third kappa shape index (κ3) is 3.71. The molecule has 0 aliphatic heterocycles. The van der Waals surface area contributed by atoms with Crippen LogP contribution in [0.15, 0.2) is 66.9 Å². The minimum absolute atomic E-state index is 0.271. The smallest absolute Gasteiger partial charge is 0.161 e. The molecule has 1 atom stereocenters. The molecule has 0 saturated carbocycles. The Hall–Kier alpha value is -2.88. The number of hydrogen-bond donors (Lipinski definition) is 1. The second kappa shape index (κ2) is 7.13. The predicted octanol–water partition coefficient (Wildman–Crippen LogP) is 3.92. The van der Waals surface area contributed by atoms with Crippen LogP contribution in [-0.2, 0) is 6.42 Å². The maximum absolute atomic E-state index is 9.39. The van der Waals surface area contributed by atoms with E-state index in [2.05, 4.69) is 16.8 Å². The van der Waals surface area contributed by atoms with Crippen molar-refractivity contribution in [3.05, 3.63) is 72.4 Å². The second-order valence-electron chi connectivity index (χ2n) is 5.93. The Morgan fingerprint density at radius 3 is 2.42 bits per heavy atom. The first-order chi connectivity index (χ1) is 11.6. The first-order valence-corrected chi connectivity index (χ1v) is 8.02. The van der Waals surface area contributed by atoms with E-state index in [9.17, 15) is 5.11 Å². The number of anilines is 1. The summed E-state index contributed by atoms with van der Waals surface area (Å²) in [7, 11) is 2.04. The Morgan fingerprint density at radius 2 is 1.71 bits per heavy atom. The summed E-state index contributed by atoms with van der Waals surface area (Å²) in [5.41, 5.74) is 2.20. The first-order valence-electron chi connectivity index (χ1n) is 8.02. The minimum Gasteiger partial charge on any atom is -0.508 e. The van der Waals surface area contributed by atoms with Crippen LogP contribution in [0.5, 0.6) is 5.75 Å². The minimum atomic E-state index is 0.271. The fraction of sp³-hybridized carbons (Fsp3) is 0.200. The normalized spacial score (nSPS) is 11.9. The van der Waals surface area contributed by atoms with Gasteiger partial charge >= 0.3 is 0 Å². The van der Waals surface area contributed by atoms with Crippen LogP contribution >= 0.6 is 0 Å². The molecule has 2 aromatic carbocycles. The van der Waals surface area contributed by atoms with Gasteiger partial charge in [-0.1, -0.05) is 42.5 Å². The highest BCUT2D eigenvalue weighted by Crippen LogP contribution is 2.20. The fourth-order valence-corrected chi connectivity index (χ4v) is 2.61. The monoisotopic (exact) mass is 319 g/mol. The molecule has 4 nitrogen and oxygen atoms in total. The van der Waals surface area contributed by atoms with Crippen LogP contribution in [0.25, 0.3) is 11.4 Å². The van der Waals surface area contributed by atoms with Gasteiger partial charge in [-0.25, -0.2) is 9.97 Å². The fourth-order valence-electron chi connectivity index (χ4n) is 2.61. The van der Waals surface area contributed by atoms with E-state index < -0.39 is 0 Å². The van der Waals surface area contributed by atoms with Gasteiger partial charge in [0.25, 0.3) is 0 Å². The van der Waals surface area contributed by atoms with Gasteiger partial charge in [-0.3, -0.25) is 0 Å². The average molecular weight is 319 g/mol. The molecule has 122 valence electrons. The lowest BCUT2D eigenvalue weighted by Gasteiger charge is -2.26. The van der Waals surface area contributed by atoms with Crippen molar-refractivity contribution in [3.8, 4) is 17.1 Å². The summed E-state index contributed by atoms with van der Waals surface area (Å²) >= 11 is 0. The SMILES string of the molecule is C[C@H](Cc1ccc(O)cc1)N(C)c1ccnc(-c2ccccc2)n1. The van der Waals surface area contributed by atoms with Crippen LogP contribution in [-0.4, -0.2) is 28.2 Å². The summed E-state index contributed by atoms with van der Waals surface area (Å²) in [6.45, 7) is 2.16. The van der Waals surface area contributed by atoms with E-state index in [4.69, 9.17) is 4.98 Å². The topological polar surface area (TPSA) is 49.2 Å². The summed E-state index contributed by atoms with van der Waals surface area (Å²) in [6.07, 6.45) is 2.68. The Balaban J connectivity index is 1.77. The lowest BCUT2D eigenvalue weighted by molar-refractivity contribution is 0.475. The molecule has 1 heterocycles. The van der Waals surface area contributed by atoms with Gasteiger partial charge < -0.3 is 10.0 Å². The number of likely N-dealkylation sites (N-methyl/N-ethyl adjacent to an activating group) is 1. The van der Waals surface area contributed by atoms with Crippen molar-refractivity contribution in [1.82, 2.24) is 9.97 Å². The molecule has 0 spiro atoms. The largest absolute Gasteiger partial charge is 0.508 e. The number of phenols is 1. The molecular weight excluding hydrogens is 298 g/mol. The molecule has 0 aliphatic rings.